The lowest BCUT2D eigenvalue weighted by Crippen LogP contribution is -2.41. The van der Waals surface area contributed by atoms with Crippen LogP contribution in [-0.2, 0) is 23.7 Å². The standard InChI is InChI=1S/C35H52O6Si/c1-8-9-21-42(6,7)33-18-14-31(15-19-33)30-12-16-32(17-13-30)38-20-10-11-28(24-39-34(36)27(2)3)22-37-23-29-25-40-35(4,5)41-26-29/h12-19,28-29H,2,8-11,20-26H2,1,3-7H3. The van der Waals surface area contributed by atoms with Gasteiger partial charge in [0, 0.05) is 17.4 Å². The van der Waals surface area contributed by atoms with Crippen molar-refractivity contribution in [3.63, 3.8) is 0 Å². The molecule has 1 atom stereocenters. The molecule has 0 radical (unpaired) electrons. The van der Waals surface area contributed by atoms with Crippen molar-refractivity contribution in [1.82, 2.24) is 0 Å². The van der Waals surface area contributed by atoms with E-state index in [0.29, 0.717) is 45.2 Å². The van der Waals surface area contributed by atoms with Gasteiger partial charge in [0.1, 0.15) is 5.75 Å². The Balaban J connectivity index is 1.45. The molecular weight excluding hydrogens is 544 g/mol. The summed E-state index contributed by atoms with van der Waals surface area (Å²) in [7, 11) is -1.36. The van der Waals surface area contributed by atoms with Crippen LogP contribution < -0.4 is 9.92 Å². The molecule has 1 unspecified atom stereocenters. The van der Waals surface area contributed by atoms with Crippen molar-refractivity contribution < 1.29 is 28.5 Å². The fourth-order valence-corrected chi connectivity index (χ4v) is 7.53. The highest BCUT2D eigenvalue weighted by atomic mass is 28.3. The summed E-state index contributed by atoms with van der Waals surface area (Å²) in [6.45, 7) is 19.5. The Morgan fingerprint density at radius 1 is 1.00 bits per heavy atom. The van der Waals surface area contributed by atoms with Crippen LogP contribution in [0.3, 0.4) is 0 Å². The molecule has 1 saturated heterocycles. The Morgan fingerprint density at radius 2 is 1.62 bits per heavy atom. The fourth-order valence-electron chi connectivity index (χ4n) is 4.94. The molecule has 0 saturated carbocycles. The molecule has 0 aromatic heterocycles. The largest absolute Gasteiger partial charge is 0.494 e. The molecule has 1 heterocycles. The highest BCUT2D eigenvalue weighted by Crippen LogP contribution is 2.24. The second-order valence-corrected chi connectivity index (χ2v) is 17.6. The zero-order valence-electron chi connectivity index (χ0n) is 26.7. The number of hydrogen-bond donors (Lipinski definition) is 0. The van der Waals surface area contributed by atoms with Crippen LogP contribution in [0.5, 0.6) is 5.75 Å². The number of rotatable bonds is 17. The van der Waals surface area contributed by atoms with Crippen molar-refractivity contribution in [2.75, 3.05) is 39.6 Å². The van der Waals surface area contributed by atoms with Crippen molar-refractivity contribution in [3.05, 3.63) is 60.7 Å². The molecular formula is C35H52O6Si. The SMILES string of the molecule is C=C(C)C(=O)OCC(CCCOc1ccc(-c2ccc([Si](C)(C)CCCC)cc2)cc1)COCC1COC(C)(C)OC1. The number of benzene rings is 2. The molecule has 1 fully saturated rings. The first-order chi connectivity index (χ1) is 20.0. The molecule has 0 spiro atoms. The summed E-state index contributed by atoms with van der Waals surface area (Å²) in [5.74, 6) is 0.211. The van der Waals surface area contributed by atoms with Gasteiger partial charge in [-0.05, 0) is 56.9 Å². The number of unbranched alkanes of at least 4 members (excludes halogenated alkanes) is 1. The summed E-state index contributed by atoms with van der Waals surface area (Å²) >= 11 is 0. The second kappa shape index (κ2) is 16.4. The highest BCUT2D eigenvalue weighted by Gasteiger charge is 2.28. The summed E-state index contributed by atoms with van der Waals surface area (Å²) in [6.07, 6.45) is 4.21. The van der Waals surface area contributed by atoms with Crippen LogP contribution in [0.2, 0.25) is 19.1 Å². The van der Waals surface area contributed by atoms with E-state index in [2.05, 4.69) is 63.0 Å². The first kappa shape index (κ1) is 34.0. The maximum absolute atomic E-state index is 12.0. The van der Waals surface area contributed by atoms with Gasteiger partial charge in [0.2, 0.25) is 0 Å². The van der Waals surface area contributed by atoms with E-state index in [-0.39, 0.29) is 17.8 Å². The normalized spacial score (nSPS) is 16.1. The van der Waals surface area contributed by atoms with Gasteiger partial charge in [0.15, 0.2) is 5.79 Å². The first-order valence-electron chi connectivity index (χ1n) is 15.5. The molecule has 2 aromatic carbocycles. The summed E-state index contributed by atoms with van der Waals surface area (Å²) in [6, 6.07) is 18.8. The average molecular weight is 597 g/mol. The van der Waals surface area contributed by atoms with Gasteiger partial charge in [-0.15, -0.1) is 0 Å². The van der Waals surface area contributed by atoms with Crippen LogP contribution in [0.25, 0.3) is 11.1 Å². The Morgan fingerprint density at radius 3 is 2.21 bits per heavy atom. The van der Waals surface area contributed by atoms with Crippen LogP contribution in [0.1, 0.15) is 53.4 Å². The Kier molecular flexibility index (Phi) is 13.3. The lowest BCUT2D eigenvalue weighted by atomic mass is 10.1. The summed E-state index contributed by atoms with van der Waals surface area (Å²) in [5.41, 5.74) is 2.82. The molecule has 1 aliphatic rings. The fraction of sp³-hybridized carbons (Fsp3) is 0.571. The molecule has 0 aliphatic carbocycles. The van der Waals surface area contributed by atoms with Crippen molar-refractivity contribution in [3.8, 4) is 16.9 Å². The molecule has 2 aromatic rings. The molecule has 0 bridgehead atoms. The number of ether oxygens (including phenoxy) is 5. The quantitative estimate of drug-likeness (QED) is 0.0822. The van der Waals surface area contributed by atoms with Gasteiger partial charge in [-0.2, -0.15) is 0 Å². The monoisotopic (exact) mass is 596 g/mol. The summed E-state index contributed by atoms with van der Waals surface area (Å²) < 4.78 is 28.9. The van der Waals surface area contributed by atoms with Crippen LogP contribution in [0, 0.1) is 11.8 Å². The van der Waals surface area contributed by atoms with E-state index in [4.69, 9.17) is 23.7 Å². The molecule has 232 valence electrons. The van der Waals surface area contributed by atoms with Gasteiger partial charge in [-0.3, -0.25) is 0 Å². The number of esters is 1. The number of carbonyl (C=O) groups excluding carboxylic acids is 1. The van der Waals surface area contributed by atoms with Crippen LogP contribution in [0.4, 0.5) is 0 Å². The van der Waals surface area contributed by atoms with Crippen molar-refractivity contribution in [2.24, 2.45) is 11.8 Å². The van der Waals surface area contributed by atoms with Gasteiger partial charge < -0.3 is 23.7 Å². The van der Waals surface area contributed by atoms with E-state index in [1.807, 2.05) is 26.0 Å². The number of carbonyl (C=O) groups is 1. The lowest BCUT2D eigenvalue weighted by molar-refractivity contribution is -0.266. The average Bonchev–Trinajstić information content (AvgIpc) is 2.97. The molecule has 1 aliphatic heterocycles. The zero-order valence-corrected chi connectivity index (χ0v) is 27.7. The predicted molar refractivity (Wildman–Crippen MR) is 173 cm³/mol. The highest BCUT2D eigenvalue weighted by molar-refractivity contribution is 6.89. The maximum atomic E-state index is 12.0. The first-order valence-corrected chi connectivity index (χ1v) is 18.7. The lowest BCUT2D eigenvalue weighted by Gasteiger charge is -2.34. The molecule has 0 amide bonds. The van der Waals surface area contributed by atoms with Gasteiger partial charge in [0.05, 0.1) is 47.7 Å². The minimum atomic E-state index is -1.36. The third kappa shape index (κ3) is 11.3. The Hall–Kier alpha value is -2.45. The van der Waals surface area contributed by atoms with Crippen molar-refractivity contribution >= 4 is 19.2 Å². The molecule has 6 nitrogen and oxygen atoms in total. The predicted octanol–water partition coefficient (Wildman–Crippen LogP) is 7.38. The number of hydrogen-bond acceptors (Lipinski definition) is 6. The molecule has 7 heteroatoms. The third-order valence-corrected chi connectivity index (χ3v) is 11.4. The topological polar surface area (TPSA) is 63.2 Å². The van der Waals surface area contributed by atoms with Crippen LogP contribution in [0.15, 0.2) is 60.7 Å². The van der Waals surface area contributed by atoms with E-state index in [9.17, 15) is 4.79 Å². The minimum absolute atomic E-state index is 0.0686. The van der Waals surface area contributed by atoms with Gasteiger partial charge in [-0.1, -0.05) is 87.1 Å². The van der Waals surface area contributed by atoms with Gasteiger partial charge >= 0.3 is 5.97 Å². The van der Waals surface area contributed by atoms with Crippen molar-refractivity contribution in [1.29, 1.82) is 0 Å². The van der Waals surface area contributed by atoms with E-state index >= 15 is 0 Å². The van der Waals surface area contributed by atoms with E-state index in [1.54, 1.807) is 6.92 Å². The van der Waals surface area contributed by atoms with E-state index in [1.165, 1.54) is 35.2 Å². The minimum Gasteiger partial charge on any atom is -0.494 e. The Labute approximate surface area is 254 Å². The van der Waals surface area contributed by atoms with E-state index < -0.39 is 13.9 Å². The maximum Gasteiger partial charge on any atom is 0.333 e. The Bertz CT molecular complexity index is 1100. The molecule has 42 heavy (non-hydrogen) atoms. The van der Waals surface area contributed by atoms with Gasteiger partial charge in [-0.25, -0.2) is 4.79 Å². The van der Waals surface area contributed by atoms with Crippen molar-refractivity contribution in [2.45, 2.75) is 78.3 Å². The smallest absolute Gasteiger partial charge is 0.333 e. The third-order valence-electron chi connectivity index (χ3n) is 7.87. The molecule has 0 N–H and O–H groups in total. The molecule has 3 rings (SSSR count). The summed E-state index contributed by atoms with van der Waals surface area (Å²) in [4.78, 5) is 12.0. The zero-order chi connectivity index (χ0) is 30.6. The van der Waals surface area contributed by atoms with Gasteiger partial charge in [0.25, 0.3) is 0 Å². The van der Waals surface area contributed by atoms with Crippen LogP contribution in [-0.4, -0.2) is 59.5 Å². The van der Waals surface area contributed by atoms with E-state index in [0.717, 1.165) is 18.6 Å². The summed E-state index contributed by atoms with van der Waals surface area (Å²) in [5, 5.41) is 1.53. The second-order valence-electron chi connectivity index (χ2n) is 12.7. The van der Waals surface area contributed by atoms with Crippen LogP contribution >= 0.6 is 0 Å².